The topological polar surface area (TPSA) is 66.6 Å². The van der Waals surface area contributed by atoms with E-state index in [1.807, 2.05) is 36.4 Å². The summed E-state index contributed by atoms with van der Waals surface area (Å²) in [6, 6.07) is 11.0. The zero-order chi connectivity index (χ0) is 13.8. The van der Waals surface area contributed by atoms with Gasteiger partial charge in [0.05, 0.1) is 6.54 Å². The Bertz CT molecular complexity index is 551. The Morgan fingerprint density at radius 3 is 2.74 bits per heavy atom. The van der Waals surface area contributed by atoms with Crippen LogP contribution in [0, 0.1) is 0 Å². The van der Waals surface area contributed by atoms with Gasteiger partial charge in [-0.15, -0.1) is 0 Å². The molecule has 2 aromatic rings. The summed E-state index contributed by atoms with van der Waals surface area (Å²) >= 11 is 0. The molecule has 100 valence electrons. The molecule has 0 radical (unpaired) electrons. The number of benzene rings is 1. The van der Waals surface area contributed by atoms with Crippen molar-refractivity contribution >= 4 is 5.97 Å². The van der Waals surface area contributed by atoms with Crippen LogP contribution in [-0.2, 0) is 11.3 Å². The van der Waals surface area contributed by atoms with Gasteiger partial charge in [-0.3, -0.25) is 9.69 Å². The van der Waals surface area contributed by atoms with Crippen LogP contribution >= 0.6 is 0 Å². The van der Waals surface area contributed by atoms with Gasteiger partial charge in [0.15, 0.2) is 5.76 Å². The summed E-state index contributed by atoms with van der Waals surface area (Å²) < 4.78 is 5.24. The molecule has 2 rings (SSSR count). The summed E-state index contributed by atoms with van der Waals surface area (Å²) in [5.41, 5.74) is 1.73. The van der Waals surface area contributed by atoms with Gasteiger partial charge in [0.25, 0.3) is 0 Å². The molecule has 1 atom stereocenters. The largest absolute Gasteiger partial charge is 0.480 e. The first-order valence-corrected chi connectivity index (χ1v) is 6.02. The van der Waals surface area contributed by atoms with Gasteiger partial charge in [-0.1, -0.05) is 35.5 Å². The van der Waals surface area contributed by atoms with Gasteiger partial charge in [-0.05, 0) is 14.0 Å². The molecule has 0 spiro atoms. The predicted molar refractivity (Wildman–Crippen MR) is 70.5 cm³/mol. The van der Waals surface area contributed by atoms with Gasteiger partial charge in [-0.2, -0.15) is 0 Å². The van der Waals surface area contributed by atoms with Crippen LogP contribution in [0.2, 0.25) is 0 Å². The van der Waals surface area contributed by atoms with Crippen molar-refractivity contribution in [2.24, 2.45) is 0 Å². The molecule has 5 heteroatoms. The minimum Gasteiger partial charge on any atom is -0.480 e. The van der Waals surface area contributed by atoms with E-state index >= 15 is 0 Å². The summed E-state index contributed by atoms with van der Waals surface area (Å²) in [7, 11) is 1.74. The van der Waals surface area contributed by atoms with Crippen LogP contribution in [-0.4, -0.2) is 34.2 Å². The van der Waals surface area contributed by atoms with Crippen molar-refractivity contribution in [2.75, 3.05) is 7.05 Å². The van der Waals surface area contributed by atoms with E-state index < -0.39 is 12.0 Å². The van der Waals surface area contributed by atoms with E-state index in [2.05, 4.69) is 5.16 Å². The average Bonchev–Trinajstić information content (AvgIpc) is 2.87. The minimum absolute atomic E-state index is 0.410. The van der Waals surface area contributed by atoms with Crippen molar-refractivity contribution in [3.63, 3.8) is 0 Å². The minimum atomic E-state index is -0.856. The molecule has 0 fully saturated rings. The third-order valence-electron chi connectivity index (χ3n) is 3.05. The van der Waals surface area contributed by atoms with Crippen molar-refractivity contribution in [1.82, 2.24) is 10.1 Å². The lowest BCUT2D eigenvalue weighted by Gasteiger charge is -2.18. The molecule has 1 N–H and O–H groups in total. The molecule has 0 aliphatic rings. The number of hydrogen-bond acceptors (Lipinski definition) is 4. The van der Waals surface area contributed by atoms with Gasteiger partial charge >= 0.3 is 5.97 Å². The molecule has 1 aromatic heterocycles. The van der Waals surface area contributed by atoms with Crippen LogP contribution in [0.4, 0.5) is 0 Å². The Balaban J connectivity index is 2.08. The molecule has 0 aliphatic heterocycles. The summed E-state index contributed by atoms with van der Waals surface area (Å²) in [5, 5.41) is 12.9. The molecule has 1 unspecified atom stereocenters. The zero-order valence-corrected chi connectivity index (χ0v) is 10.9. The number of likely N-dealkylation sites (N-methyl/N-ethyl adjacent to an activating group) is 1. The second-order valence-corrected chi connectivity index (χ2v) is 4.47. The lowest BCUT2D eigenvalue weighted by atomic mass is 10.1. The van der Waals surface area contributed by atoms with E-state index in [4.69, 9.17) is 9.63 Å². The quantitative estimate of drug-likeness (QED) is 0.893. The fraction of sp³-hybridized carbons (Fsp3) is 0.286. The van der Waals surface area contributed by atoms with E-state index in [1.54, 1.807) is 18.9 Å². The van der Waals surface area contributed by atoms with E-state index in [0.717, 1.165) is 11.3 Å². The van der Waals surface area contributed by atoms with Crippen LogP contribution < -0.4 is 0 Å². The summed E-state index contributed by atoms with van der Waals surface area (Å²) in [4.78, 5) is 12.6. The lowest BCUT2D eigenvalue weighted by Crippen LogP contribution is -2.35. The average molecular weight is 260 g/mol. The van der Waals surface area contributed by atoms with Crippen molar-refractivity contribution < 1.29 is 14.4 Å². The summed E-state index contributed by atoms with van der Waals surface area (Å²) in [6.45, 7) is 2.05. The summed E-state index contributed by atoms with van der Waals surface area (Å²) in [5.74, 6) is -0.209. The fourth-order valence-corrected chi connectivity index (χ4v) is 1.70. The normalized spacial score (nSPS) is 12.6. The van der Waals surface area contributed by atoms with Crippen LogP contribution in [0.15, 0.2) is 40.9 Å². The first-order valence-electron chi connectivity index (χ1n) is 6.02. The van der Waals surface area contributed by atoms with Gasteiger partial charge in [0.1, 0.15) is 11.7 Å². The number of carboxylic acid groups (broad SMARTS) is 1. The van der Waals surface area contributed by atoms with Crippen molar-refractivity contribution in [3.8, 4) is 11.3 Å². The van der Waals surface area contributed by atoms with Gasteiger partial charge in [-0.25, -0.2) is 0 Å². The molecule has 0 saturated carbocycles. The number of carbonyl (C=O) groups is 1. The Labute approximate surface area is 111 Å². The van der Waals surface area contributed by atoms with Crippen molar-refractivity contribution in [3.05, 3.63) is 42.2 Å². The van der Waals surface area contributed by atoms with Crippen molar-refractivity contribution in [1.29, 1.82) is 0 Å². The molecule has 0 aliphatic carbocycles. The molecular formula is C14H16N2O3. The van der Waals surface area contributed by atoms with E-state index in [9.17, 15) is 4.79 Å². The van der Waals surface area contributed by atoms with Crippen LogP contribution in [0.3, 0.4) is 0 Å². The number of aromatic nitrogens is 1. The van der Waals surface area contributed by atoms with Crippen LogP contribution in [0.1, 0.15) is 12.7 Å². The first-order chi connectivity index (χ1) is 9.08. The zero-order valence-electron chi connectivity index (χ0n) is 10.9. The Morgan fingerprint density at radius 2 is 2.11 bits per heavy atom. The van der Waals surface area contributed by atoms with Gasteiger partial charge < -0.3 is 9.63 Å². The molecular weight excluding hydrogens is 244 g/mol. The first kappa shape index (κ1) is 13.3. The third kappa shape index (κ3) is 3.20. The Hall–Kier alpha value is -2.14. The highest BCUT2D eigenvalue weighted by molar-refractivity contribution is 5.72. The summed E-state index contributed by atoms with van der Waals surface area (Å²) in [6.07, 6.45) is 0. The number of carboxylic acids is 1. The molecule has 1 aromatic carbocycles. The maximum absolute atomic E-state index is 10.9. The van der Waals surface area contributed by atoms with E-state index in [1.165, 1.54) is 0 Å². The standard InChI is InChI=1S/C14H16N2O3/c1-10(14(17)18)16(2)9-12-8-13(15-19-12)11-6-4-3-5-7-11/h3-8,10H,9H2,1-2H3,(H,17,18). The highest BCUT2D eigenvalue weighted by Gasteiger charge is 2.18. The lowest BCUT2D eigenvalue weighted by molar-refractivity contribution is -0.142. The molecule has 1 heterocycles. The molecule has 0 amide bonds. The second-order valence-electron chi connectivity index (χ2n) is 4.47. The van der Waals surface area contributed by atoms with Crippen LogP contribution in [0.5, 0.6) is 0 Å². The number of rotatable bonds is 5. The maximum atomic E-state index is 10.9. The third-order valence-corrected chi connectivity index (χ3v) is 3.05. The molecule has 19 heavy (non-hydrogen) atoms. The predicted octanol–water partition coefficient (Wildman–Crippen LogP) is 2.25. The monoisotopic (exact) mass is 260 g/mol. The second kappa shape index (κ2) is 5.67. The van der Waals surface area contributed by atoms with Crippen molar-refractivity contribution in [2.45, 2.75) is 19.5 Å². The Morgan fingerprint density at radius 1 is 1.42 bits per heavy atom. The maximum Gasteiger partial charge on any atom is 0.320 e. The Kier molecular flexibility index (Phi) is 3.97. The van der Waals surface area contributed by atoms with Gasteiger partial charge in [0, 0.05) is 11.6 Å². The number of hydrogen-bond donors (Lipinski definition) is 1. The molecule has 5 nitrogen and oxygen atoms in total. The number of aliphatic carboxylic acids is 1. The SMILES string of the molecule is CC(C(=O)O)N(C)Cc1cc(-c2ccccc2)no1. The van der Waals surface area contributed by atoms with E-state index in [0.29, 0.717) is 12.3 Å². The molecule has 0 saturated heterocycles. The van der Waals surface area contributed by atoms with E-state index in [-0.39, 0.29) is 0 Å². The molecule has 0 bridgehead atoms. The highest BCUT2D eigenvalue weighted by Crippen LogP contribution is 2.19. The number of nitrogens with zero attached hydrogens (tertiary/aromatic N) is 2. The smallest absolute Gasteiger partial charge is 0.320 e. The van der Waals surface area contributed by atoms with Crippen LogP contribution in [0.25, 0.3) is 11.3 Å². The fourth-order valence-electron chi connectivity index (χ4n) is 1.70. The van der Waals surface area contributed by atoms with Gasteiger partial charge in [0.2, 0.25) is 0 Å². The highest BCUT2D eigenvalue weighted by atomic mass is 16.5.